The summed E-state index contributed by atoms with van der Waals surface area (Å²) in [5, 5.41) is 0. The predicted molar refractivity (Wildman–Crippen MR) is 310 cm³/mol. The van der Waals surface area contributed by atoms with E-state index < -0.39 is 0 Å². The fourth-order valence-corrected chi connectivity index (χ4v) is 13.1. The number of imide groups is 5. The van der Waals surface area contributed by atoms with Gasteiger partial charge in [0.15, 0.2) is 0 Å². The van der Waals surface area contributed by atoms with Gasteiger partial charge in [0.05, 0.1) is 0 Å². The molecule has 85 heavy (non-hydrogen) atoms. The number of rotatable bonds is 15. The van der Waals surface area contributed by atoms with E-state index in [1.165, 1.54) is 85.3 Å². The predicted octanol–water partition coefficient (Wildman–Crippen LogP) is 6.53. The van der Waals surface area contributed by atoms with Crippen molar-refractivity contribution >= 4 is 88.0 Å². The van der Waals surface area contributed by atoms with Gasteiger partial charge in [-0.05, 0) is 193 Å². The van der Waals surface area contributed by atoms with Crippen molar-refractivity contribution in [3.63, 3.8) is 0 Å². The number of hydrogen-bond acceptors (Lipinski definition) is 15. The molecule has 460 valence electrons. The summed E-state index contributed by atoms with van der Waals surface area (Å²) >= 11 is 0. The van der Waals surface area contributed by atoms with Crippen LogP contribution in [0.2, 0.25) is 0 Å². The molecule has 0 spiro atoms. The van der Waals surface area contributed by atoms with Gasteiger partial charge < -0.3 is 0 Å². The molecule has 5 aliphatic heterocycles. The molecule has 5 saturated carbocycles. The third-order valence-electron chi connectivity index (χ3n) is 18.8. The molecule has 0 aromatic rings. The van der Waals surface area contributed by atoms with Crippen LogP contribution >= 0.6 is 0 Å². The lowest BCUT2D eigenvalue weighted by Crippen LogP contribution is -2.36. The maximum atomic E-state index is 11.4. The van der Waals surface area contributed by atoms with Crippen molar-refractivity contribution in [1.29, 1.82) is 0 Å². The molecular formula is C65H85N5O15. The molecule has 20 nitrogen and oxygen atoms in total. The number of carbonyl (C=O) groups excluding carboxylic acids is 15. The van der Waals surface area contributed by atoms with E-state index in [-0.39, 0.29) is 118 Å². The Hall–Kier alpha value is -7.25. The zero-order valence-corrected chi connectivity index (χ0v) is 50.1. The van der Waals surface area contributed by atoms with Gasteiger partial charge in [0.1, 0.15) is 28.9 Å². The summed E-state index contributed by atoms with van der Waals surface area (Å²) in [6.07, 6.45) is 31.5. The summed E-state index contributed by atoms with van der Waals surface area (Å²) in [6.45, 7) is 10.8. The van der Waals surface area contributed by atoms with Crippen molar-refractivity contribution in [2.75, 3.05) is 32.7 Å². The van der Waals surface area contributed by atoms with Crippen molar-refractivity contribution in [2.24, 2.45) is 59.2 Å². The smallest absolute Gasteiger partial charge is 0.253 e. The fourth-order valence-electron chi connectivity index (χ4n) is 13.1. The summed E-state index contributed by atoms with van der Waals surface area (Å²) in [4.78, 5) is 177. The second-order valence-electron chi connectivity index (χ2n) is 24.7. The average molecular weight is 1180 g/mol. The van der Waals surface area contributed by atoms with Crippen LogP contribution in [0.4, 0.5) is 0 Å². The van der Waals surface area contributed by atoms with E-state index in [0.29, 0.717) is 62.3 Å². The van der Waals surface area contributed by atoms with Crippen LogP contribution in [-0.2, 0) is 71.9 Å². The first-order chi connectivity index (χ1) is 40.4. The monoisotopic (exact) mass is 1180 g/mol. The van der Waals surface area contributed by atoms with Crippen LogP contribution < -0.4 is 0 Å². The fraction of sp³-hybridized carbons (Fsp3) is 0.615. The summed E-state index contributed by atoms with van der Waals surface area (Å²) in [7, 11) is 0. The van der Waals surface area contributed by atoms with Gasteiger partial charge in [-0.15, -0.1) is 0 Å². The molecule has 0 radical (unpaired) electrons. The van der Waals surface area contributed by atoms with Crippen LogP contribution in [0.15, 0.2) is 60.8 Å². The Morgan fingerprint density at radius 3 is 0.435 bits per heavy atom. The van der Waals surface area contributed by atoms with Crippen LogP contribution in [-0.4, -0.2) is 145 Å². The summed E-state index contributed by atoms with van der Waals surface area (Å²) in [5.74, 6) is 2.01. The topological polar surface area (TPSA) is 272 Å². The van der Waals surface area contributed by atoms with Crippen LogP contribution in [0.5, 0.6) is 0 Å². The molecule has 5 heterocycles. The Morgan fingerprint density at radius 1 is 0.235 bits per heavy atom. The number of hydrogen-bond donors (Lipinski definition) is 0. The molecule has 10 amide bonds. The zero-order chi connectivity index (χ0) is 62.1. The minimum Gasteiger partial charge on any atom is -0.300 e. The third kappa shape index (κ3) is 19.6. The van der Waals surface area contributed by atoms with Crippen LogP contribution in [0.1, 0.15) is 163 Å². The lowest BCUT2D eigenvalue weighted by molar-refractivity contribution is -0.139. The van der Waals surface area contributed by atoms with E-state index in [2.05, 4.69) is 0 Å². The number of amides is 10. The van der Waals surface area contributed by atoms with Gasteiger partial charge in [0, 0.05) is 123 Å². The van der Waals surface area contributed by atoms with Gasteiger partial charge in [0.25, 0.3) is 59.1 Å². The highest BCUT2D eigenvalue weighted by Crippen LogP contribution is 2.35. The van der Waals surface area contributed by atoms with E-state index in [0.717, 1.165) is 128 Å². The molecular weight excluding hydrogens is 1090 g/mol. The van der Waals surface area contributed by atoms with Crippen molar-refractivity contribution in [2.45, 2.75) is 163 Å². The number of carbonyl (C=O) groups is 15. The lowest BCUT2D eigenvalue weighted by Gasteiger charge is -2.29. The molecule has 0 aromatic heterocycles. The highest BCUT2D eigenvalue weighted by molar-refractivity contribution is 6.15. The largest absolute Gasteiger partial charge is 0.300 e. The van der Waals surface area contributed by atoms with Crippen molar-refractivity contribution in [3.8, 4) is 0 Å². The third-order valence-corrected chi connectivity index (χ3v) is 18.8. The minimum absolute atomic E-state index is 0.189. The first kappa shape index (κ1) is 66.9. The lowest BCUT2D eigenvalue weighted by atomic mass is 9.80. The van der Waals surface area contributed by atoms with Gasteiger partial charge in [-0.25, -0.2) is 0 Å². The van der Waals surface area contributed by atoms with E-state index in [9.17, 15) is 71.9 Å². The molecule has 0 N–H and O–H groups in total. The summed E-state index contributed by atoms with van der Waals surface area (Å²) in [6, 6.07) is 0. The minimum atomic E-state index is -0.205. The van der Waals surface area contributed by atoms with Gasteiger partial charge in [0.2, 0.25) is 0 Å². The van der Waals surface area contributed by atoms with E-state index in [1.54, 1.807) is 34.6 Å². The maximum absolute atomic E-state index is 11.4. The van der Waals surface area contributed by atoms with Crippen LogP contribution in [0.25, 0.3) is 0 Å². The van der Waals surface area contributed by atoms with Crippen molar-refractivity contribution < 1.29 is 71.9 Å². The van der Waals surface area contributed by atoms with Crippen LogP contribution in [0, 0.1) is 59.2 Å². The van der Waals surface area contributed by atoms with Gasteiger partial charge in [-0.3, -0.25) is 96.4 Å². The van der Waals surface area contributed by atoms with Gasteiger partial charge in [-0.2, -0.15) is 0 Å². The standard InChI is InChI=1S/5C13H17NO3/c5*1-9(15)11-4-2-10(3-5-11)8-14-12(16)6-7-13(14)17/h5*6-7,10-11H,2-5,8H2,1H3. The Labute approximate surface area is 498 Å². The molecule has 20 heteroatoms. The van der Waals surface area contributed by atoms with Gasteiger partial charge >= 0.3 is 0 Å². The normalized spacial score (nSPS) is 28.9. The molecule has 0 bridgehead atoms. The highest BCUT2D eigenvalue weighted by Gasteiger charge is 2.35. The van der Waals surface area contributed by atoms with E-state index in [1.807, 2.05) is 0 Å². The van der Waals surface area contributed by atoms with Crippen molar-refractivity contribution in [3.05, 3.63) is 60.8 Å². The molecule has 10 rings (SSSR count). The Balaban J connectivity index is 0.000000170. The molecule has 0 saturated heterocycles. The quantitative estimate of drug-likeness (QED) is 0.158. The molecule has 5 aliphatic carbocycles. The van der Waals surface area contributed by atoms with E-state index >= 15 is 0 Å². The first-order valence-corrected chi connectivity index (χ1v) is 30.6. The Bertz CT molecular complexity index is 2230. The molecule has 10 aliphatic rings. The maximum Gasteiger partial charge on any atom is 0.253 e. The zero-order valence-electron chi connectivity index (χ0n) is 50.1. The second kappa shape index (κ2) is 31.8. The Morgan fingerprint density at radius 2 is 0.341 bits per heavy atom. The highest BCUT2D eigenvalue weighted by atomic mass is 16.2. The van der Waals surface area contributed by atoms with E-state index in [4.69, 9.17) is 0 Å². The number of nitrogens with zero attached hydrogens (tertiary/aromatic N) is 5. The first-order valence-electron chi connectivity index (χ1n) is 30.6. The van der Waals surface area contributed by atoms with Gasteiger partial charge in [-0.1, -0.05) is 0 Å². The van der Waals surface area contributed by atoms with Crippen molar-refractivity contribution in [1.82, 2.24) is 24.5 Å². The average Bonchev–Trinajstić information content (AvgIpc) is 4.36. The molecule has 5 fully saturated rings. The SMILES string of the molecule is CC(=O)C1CCC(CN2C(=O)C=CC2=O)CC1.CC(=O)C1CCC(CN2C(=O)C=CC2=O)CC1.CC(=O)C1CCC(CN2C(=O)C=CC2=O)CC1.CC(=O)C1CCC(CN2C(=O)C=CC2=O)CC1.CC(=O)C1CCC(CN2C(=O)C=CC2=O)CC1. The second-order valence-corrected chi connectivity index (χ2v) is 24.7. The molecule has 0 atom stereocenters. The Kier molecular flexibility index (Phi) is 25.0. The molecule has 0 unspecified atom stereocenters. The number of ketones is 5. The van der Waals surface area contributed by atoms with Crippen LogP contribution in [0.3, 0.4) is 0 Å². The summed E-state index contributed by atoms with van der Waals surface area (Å²) < 4.78 is 0. The summed E-state index contributed by atoms with van der Waals surface area (Å²) in [5.41, 5.74) is 0. The molecule has 0 aromatic carbocycles. The number of Topliss-reactive ketones (excluding diaryl/α,β-unsaturated/α-hetero) is 5.